The van der Waals surface area contributed by atoms with Gasteiger partial charge in [0.2, 0.25) is 10.0 Å². The van der Waals surface area contributed by atoms with E-state index < -0.39 is 51.0 Å². The van der Waals surface area contributed by atoms with Crippen LogP contribution in [0.3, 0.4) is 0 Å². The van der Waals surface area contributed by atoms with Gasteiger partial charge in [-0.05, 0) is 49.6 Å². The number of piperidine rings is 1. The first-order valence-corrected chi connectivity index (χ1v) is 12.1. The summed E-state index contributed by atoms with van der Waals surface area (Å²) in [5.41, 5.74) is 0.625. The van der Waals surface area contributed by atoms with Crippen LogP contribution in [0.15, 0.2) is 53.4 Å². The summed E-state index contributed by atoms with van der Waals surface area (Å²) in [4.78, 5) is 25.9. The highest BCUT2D eigenvalue weighted by atomic mass is 32.2. The van der Waals surface area contributed by atoms with E-state index in [4.69, 9.17) is 4.74 Å². The van der Waals surface area contributed by atoms with Gasteiger partial charge in [0.05, 0.1) is 5.92 Å². The van der Waals surface area contributed by atoms with Crippen LogP contribution in [0.4, 0.5) is 8.78 Å². The summed E-state index contributed by atoms with van der Waals surface area (Å²) in [5.74, 6) is -2.76. The van der Waals surface area contributed by atoms with Crippen LogP contribution in [-0.4, -0.2) is 55.7 Å². The molecular weight excluding hydrogens is 454 g/mol. The third-order valence-corrected chi connectivity index (χ3v) is 7.51. The Labute approximate surface area is 192 Å². The van der Waals surface area contributed by atoms with Gasteiger partial charge in [0, 0.05) is 26.2 Å². The third kappa shape index (κ3) is 6.14. The molecule has 7 nitrogen and oxygen atoms in total. The molecule has 2 aromatic rings. The van der Waals surface area contributed by atoms with E-state index >= 15 is 0 Å². The second-order valence-electron chi connectivity index (χ2n) is 7.75. The van der Waals surface area contributed by atoms with E-state index in [-0.39, 0.29) is 32.5 Å². The van der Waals surface area contributed by atoms with Crippen molar-refractivity contribution in [1.29, 1.82) is 0 Å². The molecule has 0 spiro atoms. The van der Waals surface area contributed by atoms with Crippen LogP contribution in [0, 0.1) is 17.6 Å². The van der Waals surface area contributed by atoms with E-state index in [0.717, 1.165) is 10.4 Å². The number of benzene rings is 2. The van der Waals surface area contributed by atoms with Gasteiger partial charge < -0.3 is 9.64 Å². The number of amides is 1. The van der Waals surface area contributed by atoms with Gasteiger partial charge in [0.1, 0.15) is 16.5 Å². The lowest BCUT2D eigenvalue weighted by Gasteiger charge is -2.30. The fourth-order valence-corrected chi connectivity index (χ4v) is 5.23. The average molecular weight is 481 g/mol. The number of esters is 1. The van der Waals surface area contributed by atoms with Gasteiger partial charge in [0.25, 0.3) is 5.91 Å². The summed E-state index contributed by atoms with van der Waals surface area (Å²) < 4.78 is 59.0. The number of hydrogen-bond acceptors (Lipinski definition) is 5. The molecule has 0 aliphatic carbocycles. The molecule has 1 heterocycles. The Morgan fingerprint density at radius 1 is 1.09 bits per heavy atom. The molecule has 1 aliphatic rings. The number of sulfonamides is 1. The van der Waals surface area contributed by atoms with Crippen LogP contribution in [0.25, 0.3) is 0 Å². The predicted molar refractivity (Wildman–Crippen MR) is 116 cm³/mol. The first kappa shape index (κ1) is 24.8. The molecular formula is C23H26F2N2O5S. The molecule has 1 fully saturated rings. The summed E-state index contributed by atoms with van der Waals surface area (Å²) in [6.45, 7) is 1.96. The molecule has 3 rings (SSSR count). The molecule has 33 heavy (non-hydrogen) atoms. The van der Waals surface area contributed by atoms with Crippen LogP contribution in [0.1, 0.15) is 25.3 Å². The van der Waals surface area contributed by atoms with E-state index in [9.17, 15) is 26.8 Å². The van der Waals surface area contributed by atoms with Gasteiger partial charge in [-0.2, -0.15) is 4.31 Å². The van der Waals surface area contributed by atoms with Crippen LogP contribution in [-0.2, 0) is 30.9 Å². The van der Waals surface area contributed by atoms with Crippen molar-refractivity contribution in [2.75, 3.05) is 26.2 Å². The number of rotatable bonds is 8. The molecule has 0 N–H and O–H groups in total. The van der Waals surface area contributed by atoms with Gasteiger partial charge in [-0.25, -0.2) is 17.2 Å². The number of nitrogens with zero attached hydrogens (tertiary/aromatic N) is 2. The zero-order valence-electron chi connectivity index (χ0n) is 18.2. The molecule has 1 aliphatic heterocycles. The Hall–Kier alpha value is -2.85. The Kier molecular flexibility index (Phi) is 8.15. The highest BCUT2D eigenvalue weighted by Crippen LogP contribution is 2.26. The van der Waals surface area contributed by atoms with Crippen molar-refractivity contribution in [2.45, 2.75) is 31.2 Å². The maximum Gasteiger partial charge on any atom is 0.309 e. The lowest BCUT2D eigenvalue weighted by molar-refractivity contribution is -0.156. The normalized spacial score (nSPS) is 15.2. The first-order valence-electron chi connectivity index (χ1n) is 10.7. The van der Waals surface area contributed by atoms with Crippen molar-refractivity contribution in [3.63, 3.8) is 0 Å². The number of hydrogen-bond donors (Lipinski definition) is 0. The largest absolute Gasteiger partial charge is 0.455 e. The molecule has 1 amide bonds. The summed E-state index contributed by atoms with van der Waals surface area (Å²) in [7, 11) is -4.00. The molecule has 0 saturated carbocycles. The van der Waals surface area contributed by atoms with Crippen LogP contribution < -0.4 is 0 Å². The van der Waals surface area contributed by atoms with Crippen LogP contribution >= 0.6 is 0 Å². The van der Waals surface area contributed by atoms with E-state index in [1.54, 1.807) is 19.1 Å². The van der Waals surface area contributed by atoms with E-state index in [1.165, 1.54) is 35.2 Å². The maximum absolute atomic E-state index is 13.9. The summed E-state index contributed by atoms with van der Waals surface area (Å²) >= 11 is 0. The predicted octanol–water partition coefficient (Wildman–Crippen LogP) is 2.96. The van der Waals surface area contributed by atoms with Gasteiger partial charge in [-0.1, -0.05) is 24.3 Å². The Morgan fingerprint density at radius 2 is 1.79 bits per heavy atom. The topological polar surface area (TPSA) is 84.0 Å². The molecule has 2 aromatic carbocycles. The minimum Gasteiger partial charge on any atom is -0.455 e. The highest BCUT2D eigenvalue weighted by Gasteiger charge is 2.34. The maximum atomic E-state index is 13.9. The smallest absolute Gasteiger partial charge is 0.309 e. The quantitative estimate of drug-likeness (QED) is 0.543. The second kappa shape index (κ2) is 10.8. The van der Waals surface area contributed by atoms with Crippen molar-refractivity contribution in [3.05, 3.63) is 65.7 Å². The lowest BCUT2D eigenvalue weighted by Crippen LogP contribution is -2.41. The molecule has 1 saturated heterocycles. The summed E-state index contributed by atoms with van der Waals surface area (Å²) in [6, 6.07) is 11.1. The summed E-state index contributed by atoms with van der Waals surface area (Å²) in [5, 5.41) is 0. The van der Waals surface area contributed by atoms with E-state index in [0.29, 0.717) is 12.1 Å². The van der Waals surface area contributed by atoms with Crippen molar-refractivity contribution in [1.82, 2.24) is 9.21 Å². The number of carbonyl (C=O) groups excluding carboxylic acids is 2. The molecule has 0 aromatic heterocycles. The molecule has 0 unspecified atom stereocenters. The third-order valence-electron chi connectivity index (χ3n) is 5.58. The monoisotopic (exact) mass is 480 g/mol. The minimum absolute atomic E-state index is 0.0467. The molecule has 0 radical (unpaired) electrons. The summed E-state index contributed by atoms with van der Waals surface area (Å²) in [6.07, 6.45) is 0.420. The molecule has 10 heteroatoms. The average Bonchev–Trinajstić information content (AvgIpc) is 2.81. The standard InChI is InChI=1S/C23H26F2N2O5S/c1-2-26(15-17-6-5-7-19(24)14-17)22(28)16-32-23(29)18-10-12-27(13-11-18)33(30,31)21-9-4-3-8-20(21)25/h3-9,14,18H,2,10-13,15-16H2,1H3. The lowest BCUT2D eigenvalue weighted by atomic mass is 9.98. The van der Waals surface area contributed by atoms with E-state index in [2.05, 4.69) is 0 Å². The van der Waals surface area contributed by atoms with Gasteiger partial charge in [-0.3, -0.25) is 9.59 Å². The molecule has 178 valence electrons. The zero-order valence-corrected chi connectivity index (χ0v) is 19.1. The van der Waals surface area contributed by atoms with Gasteiger partial charge >= 0.3 is 5.97 Å². The van der Waals surface area contributed by atoms with Gasteiger partial charge in [-0.15, -0.1) is 0 Å². The van der Waals surface area contributed by atoms with Crippen LogP contribution in [0.2, 0.25) is 0 Å². The zero-order chi connectivity index (χ0) is 24.0. The SMILES string of the molecule is CCN(Cc1cccc(F)c1)C(=O)COC(=O)C1CCN(S(=O)(=O)c2ccccc2F)CC1. The second-order valence-corrected chi connectivity index (χ2v) is 9.66. The Morgan fingerprint density at radius 3 is 2.42 bits per heavy atom. The number of carbonyl (C=O) groups is 2. The fraction of sp³-hybridized carbons (Fsp3) is 0.391. The Bertz CT molecular complexity index is 1100. The van der Waals surface area contributed by atoms with Crippen LogP contribution in [0.5, 0.6) is 0 Å². The fourth-order valence-electron chi connectivity index (χ4n) is 3.70. The van der Waals surface area contributed by atoms with Crippen molar-refractivity contribution in [3.8, 4) is 0 Å². The van der Waals surface area contributed by atoms with Crippen molar-refractivity contribution >= 4 is 21.9 Å². The number of ether oxygens (including phenoxy) is 1. The highest BCUT2D eigenvalue weighted by molar-refractivity contribution is 7.89. The number of likely N-dealkylation sites (N-methyl/N-ethyl adjacent to an activating group) is 1. The Balaban J connectivity index is 1.50. The molecule has 0 atom stereocenters. The minimum atomic E-state index is -4.00. The van der Waals surface area contributed by atoms with E-state index in [1.807, 2.05) is 0 Å². The van der Waals surface area contributed by atoms with Crippen molar-refractivity contribution < 1.29 is 31.5 Å². The first-order chi connectivity index (χ1) is 15.7. The van der Waals surface area contributed by atoms with Gasteiger partial charge in [0.15, 0.2) is 6.61 Å². The molecule has 0 bridgehead atoms. The number of halogens is 2. The van der Waals surface area contributed by atoms with Crippen molar-refractivity contribution in [2.24, 2.45) is 5.92 Å².